The number of hydrogen-bond donors (Lipinski definition) is 1. The lowest BCUT2D eigenvalue weighted by molar-refractivity contribution is -0.117. The molecule has 36 heavy (non-hydrogen) atoms. The minimum atomic E-state index is -0.327. The molecule has 4 nitrogen and oxygen atoms in total. The second-order valence-corrected chi connectivity index (χ2v) is 9.78. The average molecular weight is 483 g/mol. The van der Waals surface area contributed by atoms with E-state index in [0.717, 1.165) is 37.4 Å². The van der Waals surface area contributed by atoms with E-state index in [9.17, 15) is 4.79 Å². The summed E-state index contributed by atoms with van der Waals surface area (Å²) in [5, 5.41) is 0. The van der Waals surface area contributed by atoms with Gasteiger partial charge in [-0.05, 0) is 60.4 Å². The highest BCUT2D eigenvalue weighted by Crippen LogP contribution is 2.27. The molecule has 1 amide bonds. The third-order valence-electron chi connectivity index (χ3n) is 6.90. The van der Waals surface area contributed by atoms with Crippen LogP contribution in [0.25, 0.3) is 0 Å². The molecule has 4 rings (SSSR count). The van der Waals surface area contributed by atoms with Gasteiger partial charge in [-0.15, -0.1) is 0 Å². The summed E-state index contributed by atoms with van der Waals surface area (Å²) >= 11 is 0. The molecule has 0 spiro atoms. The van der Waals surface area contributed by atoms with E-state index in [1.807, 2.05) is 24.3 Å². The van der Waals surface area contributed by atoms with Crippen LogP contribution in [0.3, 0.4) is 0 Å². The molecular weight excluding hydrogens is 444 g/mol. The van der Waals surface area contributed by atoms with Crippen molar-refractivity contribution in [3.63, 3.8) is 0 Å². The third-order valence-corrected chi connectivity index (χ3v) is 6.90. The van der Waals surface area contributed by atoms with E-state index in [4.69, 9.17) is 10.5 Å². The summed E-state index contributed by atoms with van der Waals surface area (Å²) in [6, 6.07) is 29.4. The van der Waals surface area contributed by atoms with E-state index in [-0.39, 0.29) is 12.3 Å². The van der Waals surface area contributed by atoms with Gasteiger partial charge in [0.05, 0.1) is 13.0 Å². The Balaban J connectivity index is 1.42. The summed E-state index contributed by atoms with van der Waals surface area (Å²) in [6.07, 6.45) is 9.46. The molecule has 3 aromatic rings. The van der Waals surface area contributed by atoms with Gasteiger partial charge in [-0.3, -0.25) is 4.79 Å². The van der Waals surface area contributed by atoms with Crippen LogP contribution in [0.1, 0.15) is 48.3 Å². The molecule has 0 fully saturated rings. The maximum Gasteiger partial charge on any atom is 0.221 e. The molecule has 0 heterocycles. The van der Waals surface area contributed by atoms with Gasteiger partial charge in [-0.2, -0.15) is 0 Å². The molecule has 1 atom stereocenters. The van der Waals surface area contributed by atoms with Crippen molar-refractivity contribution in [3.8, 4) is 5.75 Å². The summed E-state index contributed by atoms with van der Waals surface area (Å²) in [4.78, 5) is 13.9. The molecule has 188 valence electrons. The largest absolute Gasteiger partial charge is 0.494 e. The van der Waals surface area contributed by atoms with Crippen LogP contribution in [0.2, 0.25) is 0 Å². The van der Waals surface area contributed by atoms with Crippen LogP contribution in [-0.2, 0) is 11.2 Å². The number of benzene rings is 3. The standard InChI is InChI=1S/C32H38N2O2/c33-32(35)23-27-14-10-19-30(22-27)36-21-11-20-34(24-26-12-4-1-5-13-26)25-31(28-15-6-2-7-16-28)29-17-8-3-9-18-29/h1-4,6-10,14-19,22,26,31H,5,11-13,20-21,23-25H2,(H2,33,35). The number of carbonyl (C=O) groups is 1. The van der Waals surface area contributed by atoms with Gasteiger partial charge in [0.25, 0.3) is 0 Å². The van der Waals surface area contributed by atoms with Gasteiger partial charge >= 0.3 is 0 Å². The number of nitrogens with two attached hydrogens (primary N) is 1. The Bertz CT molecular complexity index is 1060. The maximum atomic E-state index is 11.2. The average Bonchev–Trinajstić information content (AvgIpc) is 2.91. The Hall–Kier alpha value is -3.37. The summed E-state index contributed by atoms with van der Waals surface area (Å²) < 4.78 is 6.05. The number of nitrogens with zero attached hydrogens (tertiary/aromatic N) is 1. The predicted octanol–water partition coefficient (Wildman–Crippen LogP) is 5.97. The number of rotatable bonds is 13. The lowest BCUT2D eigenvalue weighted by atomic mass is 9.89. The summed E-state index contributed by atoms with van der Waals surface area (Å²) in [5.41, 5.74) is 8.95. The van der Waals surface area contributed by atoms with Gasteiger partial charge in [0.1, 0.15) is 5.75 Å². The Morgan fingerprint density at radius 1 is 0.944 bits per heavy atom. The van der Waals surface area contributed by atoms with Crippen molar-refractivity contribution in [1.82, 2.24) is 4.90 Å². The fourth-order valence-electron chi connectivity index (χ4n) is 5.10. The molecule has 2 N–H and O–H groups in total. The van der Waals surface area contributed by atoms with Gasteiger partial charge in [0.15, 0.2) is 0 Å². The first-order chi connectivity index (χ1) is 17.7. The third kappa shape index (κ3) is 8.10. The zero-order valence-electron chi connectivity index (χ0n) is 21.1. The predicted molar refractivity (Wildman–Crippen MR) is 147 cm³/mol. The second-order valence-electron chi connectivity index (χ2n) is 9.78. The Morgan fingerprint density at radius 3 is 2.31 bits per heavy atom. The quantitative estimate of drug-likeness (QED) is 0.241. The zero-order valence-corrected chi connectivity index (χ0v) is 21.1. The van der Waals surface area contributed by atoms with E-state index in [2.05, 4.69) is 77.7 Å². The zero-order chi connectivity index (χ0) is 25.0. The summed E-state index contributed by atoms with van der Waals surface area (Å²) in [5.74, 6) is 1.50. The number of amides is 1. The fourth-order valence-corrected chi connectivity index (χ4v) is 5.10. The van der Waals surface area contributed by atoms with Gasteiger partial charge in [-0.25, -0.2) is 0 Å². The highest BCUT2D eigenvalue weighted by molar-refractivity contribution is 5.76. The Labute approximate surface area is 215 Å². The normalized spacial score (nSPS) is 15.3. The molecule has 1 aliphatic rings. The number of hydrogen-bond acceptors (Lipinski definition) is 3. The second kappa shape index (κ2) is 13.6. The van der Waals surface area contributed by atoms with E-state index >= 15 is 0 Å². The van der Waals surface area contributed by atoms with Crippen molar-refractivity contribution >= 4 is 5.91 Å². The minimum Gasteiger partial charge on any atom is -0.494 e. The van der Waals surface area contributed by atoms with Crippen molar-refractivity contribution in [2.24, 2.45) is 11.7 Å². The van der Waals surface area contributed by atoms with Crippen LogP contribution in [0.15, 0.2) is 97.1 Å². The van der Waals surface area contributed by atoms with Crippen molar-refractivity contribution in [2.75, 3.05) is 26.2 Å². The summed E-state index contributed by atoms with van der Waals surface area (Å²) in [7, 11) is 0. The number of primary amides is 1. The first kappa shape index (κ1) is 25.7. The molecule has 0 saturated carbocycles. The van der Waals surface area contributed by atoms with Crippen LogP contribution in [0, 0.1) is 5.92 Å². The maximum absolute atomic E-state index is 11.2. The van der Waals surface area contributed by atoms with Gasteiger partial charge in [0, 0.05) is 25.6 Å². The highest BCUT2D eigenvalue weighted by Gasteiger charge is 2.21. The molecular formula is C32H38N2O2. The van der Waals surface area contributed by atoms with Crippen LogP contribution in [-0.4, -0.2) is 37.0 Å². The van der Waals surface area contributed by atoms with E-state index < -0.39 is 0 Å². The lowest BCUT2D eigenvalue weighted by Gasteiger charge is -2.32. The van der Waals surface area contributed by atoms with Crippen molar-refractivity contribution in [1.29, 1.82) is 0 Å². The first-order valence-electron chi connectivity index (χ1n) is 13.1. The first-order valence-corrected chi connectivity index (χ1v) is 13.1. The highest BCUT2D eigenvalue weighted by atomic mass is 16.5. The molecule has 0 radical (unpaired) electrons. The van der Waals surface area contributed by atoms with Crippen LogP contribution in [0.4, 0.5) is 0 Å². The number of ether oxygens (including phenoxy) is 1. The molecule has 1 aliphatic carbocycles. The molecule has 3 aromatic carbocycles. The molecule has 0 aliphatic heterocycles. The summed E-state index contributed by atoms with van der Waals surface area (Å²) in [6.45, 7) is 3.72. The van der Waals surface area contributed by atoms with E-state index in [0.29, 0.717) is 18.4 Å². The Kier molecular flexibility index (Phi) is 9.75. The number of allylic oxidation sites excluding steroid dienone is 2. The fraction of sp³-hybridized carbons (Fsp3) is 0.344. The lowest BCUT2D eigenvalue weighted by Crippen LogP contribution is -2.35. The topological polar surface area (TPSA) is 55.6 Å². The van der Waals surface area contributed by atoms with Gasteiger partial charge in [0.2, 0.25) is 5.91 Å². The van der Waals surface area contributed by atoms with Gasteiger partial charge in [-0.1, -0.05) is 84.9 Å². The number of carbonyl (C=O) groups excluding carboxylic acids is 1. The minimum absolute atomic E-state index is 0.237. The van der Waals surface area contributed by atoms with Crippen LogP contribution in [0.5, 0.6) is 5.75 Å². The van der Waals surface area contributed by atoms with Crippen LogP contribution < -0.4 is 10.5 Å². The van der Waals surface area contributed by atoms with Crippen molar-refractivity contribution in [3.05, 3.63) is 114 Å². The van der Waals surface area contributed by atoms with E-state index in [1.54, 1.807) is 0 Å². The molecule has 0 saturated heterocycles. The van der Waals surface area contributed by atoms with Gasteiger partial charge < -0.3 is 15.4 Å². The molecule has 4 heteroatoms. The molecule has 0 aromatic heterocycles. The van der Waals surface area contributed by atoms with E-state index in [1.165, 1.54) is 30.4 Å². The van der Waals surface area contributed by atoms with Crippen molar-refractivity contribution < 1.29 is 9.53 Å². The molecule has 0 bridgehead atoms. The smallest absolute Gasteiger partial charge is 0.221 e. The molecule has 1 unspecified atom stereocenters. The van der Waals surface area contributed by atoms with Crippen molar-refractivity contribution in [2.45, 2.75) is 38.0 Å². The Morgan fingerprint density at radius 2 is 1.67 bits per heavy atom. The van der Waals surface area contributed by atoms with Crippen LogP contribution >= 0.6 is 0 Å². The SMILES string of the molecule is NC(=O)Cc1cccc(OCCCN(CC2CC=CCC2)CC(c2ccccc2)c2ccccc2)c1. The monoisotopic (exact) mass is 482 g/mol.